The van der Waals surface area contributed by atoms with Crippen molar-refractivity contribution < 1.29 is 18.4 Å². The highest BCUT2D eigenvalue weighted by Gasteiger charge is 2.39. The average molecular weight is 469 g/mol. The Kier molecular flexibility index (Phi) is 5.46. The summed E-state index contributed by atoms with van der Waals surface area (Å²) in [6, 6.07) is 18.4. The summed E-state index contributed by atoms with van der Waals surface area (Å²) in [7, 11) is 0. The Balaban J connectivity index is 1.76. The van der Waals surface area contributed by atoms with E-state index in [1.165, 1.54) is 42.5 Å². The first-order valence-electron chi connectivity index (χ1n) is 9.06. The molecule has 0 aliphatic carbocycles. The fourth-order valence-electron chi connectivity index (χ4n) is 3.23. The highest BCUT2D eigenvalue weighted by Crippen LogP contribution is 2.32. The number of halogens is 3. The van der Waals surface area contributed by atoms with E-state index in [0.717, 1.165) is 9.37 Å². The summed E-state index contributed by atoms with van der Waals surface area (Å²) in [5, 5.41) is 3.01. The van der Waals surface area contributed by atoms with Crippen molar-refractivity contribution in [1.29, 1.82) is 0 Å². The second-order valence-electron chi connectivity index (χ2n) is 6.68. The molecule has 4 rings (SSSR count). The molecule has 1 N–H and O–H groups in total. The molecule has 0 bridgehead atoms. The van der Waals surface area contributed by atoms with Gasteiger partial charge in [-0.1, -0.05) is 52.3 Å². The van der Waals surface area contributed by atoms with Gasteiger partial charge in [-0.2, -0.15) is 0 Å². The SMILES string of the molecule is O=C1C(Nc2cccc(Br)c2)=C(c2ccc(F)cc2)C(=O)N1Cc1ccccc1F. The molecular weight excluding hydrogens is 454 g/mol. The monoisotopic (exact) mass is 468 g/mol. The zero-order valence-electron chi connectivity index (χ0n) is 15.5. The number of hydrogen-bond acceptors (Lipinski definition) is 3. The molecule has 1 aliphatic rings. The highest BCUT2D eigenvalue weighted by molar-refractivity contribution is 9.10. The highest BCUT2D eigenvalue weighted by atomic mass is 79.9. The first-order chi connectivity index (χ1) is 14.4. The van der Waals surface area contributed by atoms with Crippen molar-refractivity contribution in [2.75, 3.05) is 5.32 Å². The van der Waals surface area contributed by atoms with Crippen LogP contribution in [0.4, 0.5) is 14.5 Å². The maximum absolute atomic E-state index is 14.1. The third-order valence-corrected chi connectivity index (χ3v) is 5.17. The van der Waals surface area contributed by atoms with Gasteiger partial charge in [0.05, 0.1) is 12.1 Å². The number of amides is 2. The third kappa shape index (κ3) is 3.89. The third-order valence-electron chi connectivity index (χ3n) is 4.68. The topological polar surface area (TPSA) is 49.4 Å². The first-order valence-corrected chi connectivity index (χ1v) is 9.86. The van der Waals surface area contributed by atoms with Gasteiger partial charge in [0.2, 0.25) is 0 Å². The van der Waals surface area contributed by atoms with E-state index in [0.29, 0.717) is 11.3 Å². The van der Waals surface area contributed by atoms with Gasteiger partial charge in [0.1, 0.15) is 17.3 Å². The second kappa shape index (κ2) is 8.20. The minimum atomic E-state index is -0.581. The van der Waals surface area contributed by atoms with Gasteiger partial charge in [0, 0.05) is 15.7 Å². The molecule has 30 heavy (non-hydrogen) atoms. The molecule has 0 atom stereocenters. The molecule has 0 fully saturated rings. The molecule has 0 saturated heterocycles. The number of anilines is 1. The lowest BCUT2D eigenvalue weighted by molar-refractivity contribution is -0.137. The average Bonchev–Trinajstić information content (AvgIpc) is 2.95. The molecule has 2 amide bonds. The molecule has 0 aromatic heterocycles. The van der Waals surface area contributed by atoms with Gasteiger partial charge < -0.3 is 5.32 Å². The van der Waals surface area contributed by atoms with Crippen LogP contribution in [0.5, 0.6) is 0 Å². The Hall–Kier alpha value is -3.32. The van der Waals surface area contributed by atoms with Crippen LogP contribution < -0.4 is 5.32 Å². The van der Waals surface area contributed by atoms with Gasteiger partial charge in [-0.3, -0.25) is 14.5 Å². The predicted molar refractivity (Wildman–Crippen MR) is 113 cm³/mol. The van der Waals surface area contributed by atoms with Gasteiger partial charge in [0.25, 0.3) is 11.8 Å². The molecule has 150 valence electrons. The van der Waals surface area contributed by atoms with Crippen LogP contribution in [0.2, 0.25) is 0 Å². The van der Waals surface area contributed by atoms with Crippen molar-refractivity contribution in [1.82, 2.24) is 4.90 Å². The minimum Gasteiger partial charge on any atom is -0.350 e. The number of rotatable bonds is 5. The second-order valence-corrected chi connectivity index (χ2v) is 7.60. The summed E-state index contributed by atoms with van der Waals surface area (Å²) in [6.07, 6.45) is 0. The van der Waals surface area contributed by atoms with Gasteiger partial charge in [0.15, 0.2) is 0 Å². The predicted octanol–water partition coefficient (Wildman–Crippen LogP) is 5.12. The summed E-state index contributed by atoms with van der Waals surface area (Å²) in [5.41, 5.74) is 1.37. The van der Waals surface area contributed by atoms with E-state index in [1.54, 1.807) is 24.3 Å². The summed E-state index contributed by atoms with van der Waals surface area (Å²) < 4.78 is 28.3. The molecule has 3 aromatic rings. The fourth-order valence-corrected chi connectivity index (χ4v) is 3.63. The standard InChI is InChI=1S/C23H15BrF2N2O2/c24-16-5-3-6-18(12-16)27-21-20(14-8-10-17(25)11-9-14)22(29)28(23(21)30)13-15-4-1-2-7-19(15)26/h1-12,27H,13H2. The molecular formula is C23H15BrF2N2O2. The Morgan fingerprint density at radius 2 is 1.60 bits per heavy atom. The summed E-state index contributed by atoms with van der Waals surface area (Å²) in [6.45, 7) is -0.210. The zero-order chi connectivity index (χ0) is 21.3. The lowest BCUT2D eigenvalue weighted by atomic mass is 10.0. The zero-order valence-corrected chi connectivity index (χ0v) is 17.1. The van der Waals surface area contributed by atoms with Crippen LogP contribution in [-0.2, 0) is 16.1 Å². The fraction of sp³-hybridized carbons (Fsp3) is 0.0435. The quantitative estimate of drug-likeness (QED) is 0.528. The largest absolute Gasteiger partial charge is 0.350 e. The molecule has 0 unspecified atom stereocenters. The first kappa shape index (κ1) is 20.0. The maximum Gasteiger partial charge on any atom is 0.278 e. The van der Waals surface area contributed by atoms with E-state index in [2.05, 4.69) is 21.2 Å². The molecule has 0 spiro atoms. The minimum absolute atomic E-state index is 0.0565. The number of hydrogen-bond donors (Lipinski definition) is 1. The van der Waals surface area contributed by atoms with Crippen molar-refractivity contribution in [3.8, 4) is 0 Å². The van der Waals surface area contributed by atoms with E-state index in [1.807, 2.05) is 6.07 Å². The van der Waals surface area contributed by atoms with E-state index in [-0.39, 0.29) is 23.4 Å². The van der Waals surface area contributed by atoms with E-state index in [9.17, 15) is 18.4 Å². The van der Waals surface area contributed by atoms with Crippen LogP contribution in [0.15, 0.2) is 83.0 Å². The number of imide groups is 1. The molecule has 1 heterocycles. The van der Waals surface area contributed by atoms with Crippen molar-refractivity contribution in [3.63, 3.8) is 0 Å². The van der Waals surface area contributed by atoms with Crippen molar-refractivity contribution >= 4 is 39.0 Å². The van der Waals surface area contributed by atoms with Gasteiger partial charge >= 0.3 is 0 Å². The number of benzene rings is 3. The molecule has 4 nitrogen and oxygen atoms in total. The van der Waals surface area contributed by atoms with Crippen LogP contribution in [0.3, 0.4) is 0 Å². The normalized spacial score (nSPS) is 13.9. The Bertz CT molecular complexity index is 1180. The molecule has 7 heteroatoms. The number of carbonyl (C=O) groups excluding carboxylic acids is 2. The summed E-state index contributed by atoms with van der Waals surface area (Å²) in [4.78, 5) is 27.3. The van der Waals surface area contributed by atoms with E-state index >= 15 is 0 Å². The number of nitrogens with zero attached hydrogens (tertiary/aromatic N) is 1. The van der Waals surface area contributed by atoms with E-state index < -0.39 is 23.4 Å². The van der Waals surface area contributed by atoms with Crippen LogP contribution in [-0.4, -0.2) is 16.7 Å². The van der Waals surface area contributed by atoms with Crippen LogP contribution in [0.25, 0.3) is 5.57 Å². The van der Waals surface area contributed by atoms with E-state index in [4.69, 9.17) is 0 Å². The summed E-state index contributed by atoms with van der Waals surface area (Å²) in [5.74, 6) is -2.12. The van der Waals surface area contributed by atoms with Crippen molar-refractivity contribution in [2.24, 2.45) is 0 Å². The molecule has 0 radical (unpaired) electrons. The molecule has 3 aromatic carbocycles. The lowest BCUT2D eigenvalue weighted by Gasteiger charge is -2.16. The van der Waals surface area contributed by atoms with Gasteiger partial charge in [-0.25, -0.2) is 8.78 Å². The number of nitrogens with one attached hydrogen (secondary N) is 1. The summed E-state index contributed by atoms with van der Waals surface area (Å²) >= 11 is 3.37. The Morgan fingerprint density at radius 1 is 0.867 bits per heavy atom. The Morgan fingerprint density at radius 3 is 2.30 bits per heavy atom. The molecule has 1 aliphatic heterocycles. The van der Waals surface area contributed by atoms with Crippen LogP contribution in [0.1, 0.15) is 11.1 Å². The van der Waals surface area contributed by atoms with Crippen LogP contribution in [0, 0.1) is 11.6 Å². The lowest BCUT2D eigenvalue weighted by Crippen LogP contribution is -2.32. The smallest absolute Gasteiger partial charge is 0.278 e. The van der Waals surface area contributed by atoms with Crippen LogP contribution >= 0.6 is 15.9 Å². The van der Waals surface area contributed by atoms with Gasteiger partial charge in [-0.05, 0) is 42.0 Å². The van der Waals surface area contributed by atoms with Crippen molar-refractivity contribution in [3.05, 3.63) is 106 Å². The maximum atomic E-state index is 14.1. The van der Waals surface area contributed by atoms with Crippen molar-refractivity contribution in [2.45, 2.75) is 6.54 Å². The van der Waals surface area contributed by atoms with Gasteiger partial charge in [-0.15, -0.1) is 0 Å². The Labute approximate surface area is 180 Å². The molecule has 0 saturated carbocycles. The number of carbonyl (C=O) groups is 2.